The Bertz CT molecular complexity index is 1460. The molecule has 0 aliphatic rings. The molecule has 0 atom stereocenters. The highest BCUT2D eigenvalue weighted by molar-refractivity contribution is 5.94. The van der Waals surface area contributed by atoms with Crippen molar-refractivity contribution in [1.29, 1.82) is 0 Å². The van der Waals surface area contributed by atoms with Crippen molar-refractivity contribution in [3.05, 3.63) is 143 Å². The fraction of sp³-hybridized carbons (Fsp3) is 0.152. The van der Waals surface area contributed by atoms with Crippen LogP contribution in [0, 0.1) is 0 Å². The normalized spacial score (nSPS) is 11.1. The van der Waals surface area contributed by atoms with E-state index in [1.165, 1.54) is 7.11 Å². The molecular formula is C33H29NO3. The van der Waals surface area contributed by atoms with Crippen molar-refractivity contribution in [3.8, 4) is 0 Å². The summed E-state index contributed by atoms with van der Waals surface area (Å²) in [6.07, 6.45) is 3.52. The molecule has 5 rings (SSSR count). The van der Waals surface area contributed by atoms with E-state index in [2.05, 4.69) is 41.0 Å². The number of aromatic nitrogens is 1. The van der Waals surface area contributed by atoms with Crippen molar-refractivity contribution in [2.75, 3.05) is 7.11 Å². The summed E-state index contributed by atoms with van der Waals surface area (Å²) < 4.78 is 6.99. The van der Waals surface area contributed by atoms with E-state index in [4.69, 9.17) is 4.74 Å². The van der Waals surface area contributed by atoms with Crippen molar-refractivity contribution in [1.82, 2.24) is 4.57 Å². The smallest absolute Gasteiger partial charge is 0.337 e. The Kier molecular flexibility index (Phi) is 7.27. The molecule has 0 aliphatic carbocycles. The Balaban J connectivity index is 1.52. The molecule has 1 aromatic heterocycles. The lowest BCUT2D eigenvalue weighted by Crippen LogP contribution is -2.15. The first-order chi connectivity index (χ1) is 18.2. The number of carbonyl (C=O) groups is 2. The van der Waals surface area contributed by atoms with E-state index in [-0.39, 0.29) is 12.0 Å². The highest BCUT2D eigenvalue weighted by Crippen LogP contribution is 2.36. The van der Waals surface area contributed by atoms with Gasteiger partial charge in [0.25, 0.3) is 0 Å². The quantitative estimate of drug-likeness (QED) is 0.165. The molecule has 0 radical (unpaired) electrons. The molecule has 1 heterocycles. The molecule has 184 valence electrons. The number of aryl methyl sites for hydroxylation is 2. The van der Waals surface area contributed by atoms with Gasteiger partial charge in [0.2, 0.25) is 0 Å². The summed E-state index contributed by atoms with van der Waals surface area (Å²) in [4.78, 5) is 24.4. The van der Waals surface area contributed by atoms with E-state index in [0.29, 0.717) is 5.56 Å². The number of esters is 1. The zero-order valence-corrected chi connectivity index (χ0v) is 20.8. The van der Waals surface area contributed by atoms with Gasteiger partial charge in [0.1, 0.15) is 0 Å². The second-order valence-corrected chi connectivity index (χ2v) is 9.13. The maximum absolute atomic E-state index is 12.7. The highest BCUT2D eigenvalue weighted by Gasteiger charge is 2.24. The highest BCUT2D eigenvalue weighted by atomic mass is 16.5. The number of nitrogens with zero attached hydrogens (tertiary/aromatic N) is 1. The van der Waals surface area contributed by atoms with Crippen molar-refractivity contribution < 1.29 is 14.3 Å². The zero-order chi connectivity index (χ0) is 25.6. The van der Waals surface area contributed by atoms with Crippen LogP contribution in [0.5, 0.6) is 0 Å². The van der Waals surface area contributed by atoms with E-state index in [0.717, 1.165) is 64.4 Å². The van der Waals surface area contributed by atoms with Crippen LogP contribution in [-0.4, -0.2) is 23.9 Å². The van der Waals surface area contributed by atoms with Gasteiger partial charge in [-0.05, 0) is 59.7 Å². The van der Waals surface area contributed by atoms with E-state index in [9.17, 15) is 9.59 Å². The van der Waals surface area contributed by atoms with Gasteiger partial charge in [-0.3, -0.25) is 4.79 Å². The van der Waals surface area contributed by atoms with Gasteiger partial charge in [-0.15, -0.1) is 0 Å². The minimum absolute atomic E-state index is 0.118. The van der Waals surface area contributed by atoms with Gasteiger partial charge in [0.05, 0.1) is 24.4 Å². The third-order valence-electron chi connectivity index (χ3n) is 6.93. The van der Waals surface area contributed by atoms with Gasteiger partial charge in [-0.2, -0.15) is 0 Å². The van der Waals surface area contributed by atoms with Crippen molar-refractivity contribution in [2.24, 2.45) is 0 Å². The predicted molar refractivity (Wildman–Crippen MR) is 147 cm³/mol. The van der Waals surface area contributed by atoms with E-state index >= 15 is 0 Å². The summed E-state index contributed by atoms with van der Waals surface area (Å²) >= 11 is 0. The summed E-state index contributed by atoms with van der Waals surface area (Å²) in [7, 11) is 1.39. The topological polar surface area (TPSA) is 48.3 Å². The molecule has 0 fully saturated rings. The largest absolute Gasteiger partial charge is 0.465 e. The molecule has 4 heteroatoms. The number of fused-ring (bicyclic) bond motifs is 1. The monoisotopic (exact) mass is 487 g/mol. The summed E-state index contributed by atoms with van der Waals surface area (Å²) in [5.74, 6) is -0.332. The van der Waals surface area contributed by atoms with Crippen LogP contribution in [0.3, 0.4) is 0 Å². The molecule has 0 N–H and O–H groups in total. The first kappa shape index (κ1) is 24.3. The van der Waals surface area contributed by atoms with Crippen molar-refractivity contribution in [2.45, 2.75) is 25.3 Å². The Morgan fingerprint density at radius 3 is 1.97 bits per heavy atom. The molecule has 37 heavy (non-hydrogen) atoms. The molecule has 4 aromatic carbocycles. The molecule has 0 saturated carbocycles. The number of para-hydroxylation sites is 1. The first-order valence-corrected chi connectivity index (χ1v) is 12.6. The fourth-order valence-electron chi connectivity index (χ4n) is 5.18. The van der Waals surface area contributed by atoms with Gasteiger partial charge >= 0.3 is 5.97 Å². The number of rotatable bonds is 9. The lowest BCUT2D eigenvalue weighted by atomic mass is 9.98. The molecule has 0 saturated heterocycles. The molecule has 0 bridgehead atoms. The Morgan fingerprint density at radius 2 is 1.38 bits per heavy atom. The van der Waals surface area contributed by atoms with Crippen LogP contribution in [0.25, 0.3) is 10.9 Å². The van der Waals surface area contributed by atoms with Crippen LogP contribution in [0.4, 0.5) is 0 Å². The number of ether oxygens (including phenoxy) is 1. The average molecular weight is 488 g/mol. The van der Waals surface area contributed by atoms with E-state index in [1.807, 2.05) is 60.7 Å². The molecule has 4 nitrogen and oxygen atoms in total. The third kappa shape index (κ3) is 4.96. The van der Waals surface area contributed by atoms with Gasteiger partial charge in [-0.25, -0.2) is 4.79 Å². The third-order valence-corrected chi connectivity index (χ3v) is 6.93. The van der Waals surface area contributed by atoms with Crippen LogP contribution in [0.2, 0.25) is 0 Å². The van der Waals surface area contributed by atoms with Crippen molar-refractivity contribution in [3.63, 3.8) is 0 Å². The van der Waals surface area contributed by atoms with Crippen LogP contribution in [0.15, 0.2) is 109 Å². The van der Waals surface area contributed by atoms with E-state index < -0.39 is 0 Å². The molecular weight excluding hydrogens is 458 g/mol. The zero-order valence-electron chi connectivity index (χ0n) is 20.8. The number of carbonyl (C=O) groups excluding carboxylic acids is 2. The maximum Gasteiger partial charge on any atom is 0.337 e. The first-order valence-electron chi connectivity index (χ1n) is 12.6. The van der Waals surface area contributed by atoms with Gasteiger partial charge < -0.3 is 9.30 Å². The number of benzene rings is 4. The Labute approximate surface area is 217 Å². The second kappa shape index (κ2) is 11.1. The minimum Gasteiger partial charge on any atom is -0.465 e. The van der Waals surface area contributed by atoms with E-state index in [1.54, 1.807) is 12.1 Å². The maximum atomic E-state index is 12.7. The summed E-state index contributed by atoms with van der Waals surface area (Å²) in [5, 5.41) is 1.11. The molecule has 0 unspecified atom stereocenters. The number of methoxy groups -OCH3 is 1. The Morgan fingerprint density at radius 1 is 0.784 bits per heavy atom. The number of hydrogen-bond donors (Lipinski definition) is 0. The number of hydrogen-bond acceptors (Lipinski definition) is 3. The molecule has 0 spiro atoms. The van der Waals surface area contributed by atoms with Gasteiger partial charge in [0.15, 0.2) is 6.29 Å². The average Bonchev–Trinajstić information content (AvgIpc) is 3.27. The number of aldehydes is 1. The molecule has 5 aromatic rings. The van der Waals surface area contributed by atoms with Crippen LogP contribution >= 0.6 is 0 Å². The van der Waals surface area contributed by atoms with Crippen LogP contribution in [-0.2, 0) is 17.6 Å². The standard InChI is InChI=1S/C33H29NO3/c1-37-33(36)27-21-19-24(20-22-27)11-10-17-29-28-16-8-9-18-30(28)34(31(29)23-35)32(25-12-4-2-5-13-25)26-14-6-3-7-15-26/h2-9,12-16,18-23,32H,10-11,17H2,1H3. The lowest BCUT2D eigenvalue weighted by molar-refractivity contribution is 0.0600. The van der Waals surface area contributed by atoms with Crippen LogP contribution in [0.1, 0.15) is 55.6 Å². The molecule has 0 amide bonds. The van der Waals surface area contributed by atoms with Gasteiger partial charge in [0, 0.05) is 10.9 Å². The molecule has 0 aliphatic heterocycles. The SMILES string of the molecule is COC(=O)c1ccc(CCCc2c(C=O)n(C(c3ccccc3)c3ccccc3)c3ccccc23)cc1. The lowest BCUT2D eigenvalue weighted by Gasteiger charge is -2.23. The second-order valence-electron chi connectivity index (χ2n) is 9.13. The minimum atomic E-state index is -0.332. The predicted octanol–water partition coefficient (Wildman–Crippen LogP) is 7.05. The summed E-state index contributed by atoms with van der Waals surface area (Å²) in [5.41, 5.74) is 6.82. The summed E-state index contributed by atoms with van der Waals surface area (Å²) in [6.45, 7) is 0. The van der Waals surface area contributed by atoms with Gasteiger partial charge in [-0.1, -0.05) is 91.0 Å². The van der Waals surface area contributed by atoms with Crippen molar-refractivity contribution >= 4 is 23.2 Å². The fourth-order valence-corrected chi connectivity index (χ4v) is 5.18. The van der Waals surface area contributed by atoms with Crippen LogP contribution < -0.4 is 0 Å². The Hall–Kier alpha value is -4.44. The summed E-state index contributed by atoms with van der Waals surface area (Å²) in [6, 6.07) is 36.4.